The number of amides is 1. The van der Waals surface area contributed by atoms with Crippen LogP contribution in [0.25, 0.3) is 16.9 Å². The predicted molar refractivity (Wildman–Crippen MR) is 117 cm³/mol. The minimum Gasteiger partial charge on any atom is -0.497 e. The van der Waals surface area contributed by atoms with E-state index in [9.17, 15) is 4.79 Å². The van der Waals surface area contributed by atoms with Crippen molar-refractivity contribution in [3.05, 3.63) is 79.4 Å². The average molecular weight is 417 g/mol. The summed E-state index contributed by atoms with van der Waals surface area (Å²) in [6.45, 7) is 0. The molecule has 0 atom stereocenters. The summed E-state index contributed by atoms with van der Waals surface area (Å²) in [4.78, 5) is 16.2. The van der Waals surface area contributed by atoms with E-state index in [1.165, 1.54) is 11.8 Å². The first-order chi connectivity index (χ1) is 14.7. The van der Waals surface area contributed by atoms with E-state index in [1.807, 2.05) is 47.2 Å². The zero-order valence-electron chi connectivity index (χ0n) is 16.2. The third-order valence-electron chi connectivity index (χ3n) is 4.33. The lowest BCUT2D eigenvalue weighted by atomic mass is 10.1. The van der Waals surface area contributed by atoms with Crippen LogP contribution in [0.2, 0.25) is 0 Å². The second-order valence-corrected chi connectivity index (χ2v) is 7.33. The highest BCUT2D eigenvalue weighted by Gasteiger charge is 2.07. The molecule has 2 aromatic carbocycles. The third-order valence-corrected chi connectivity index (χ3v) is 5.25. The number of carbonyl (C=O) groups excluding carboxylic acids is 1. The summed E-state index contributed by atoms with van der Waals surface area (Å²) >= 11 is 1.34. The van der Waals surface area contributed by atoms with Gasteiger partial charge in [0.25, 0.3) is 0 Å². The van der Waals surface area contributed by atoms with E-state index >= 15 is 0 Å². The summed E-state index contributed by atoms with van der Waals surface area (Å²) in [7, 11) is 1.60. The number of hydrogen-bond donors (Lipinski definition) is 1. The van der Waals surface area contributed by atoms with E-state index in [2.05, 4.69) is 20.5 Å². The minimum atomic E-state index is -0.105. The van der Waals surface area contributed by atoms with Gasteiger partial charge >= 0.3 is 0 Å². The summed E-state index contributed by atoms with van der Waals surface area (Å²) < 4.78 is 7.04. The van der Waals surface area contributed by atoms with Crippen molar-refractivity contribution in [2.24, 2.45) is 0 Å². The van der Waals surface area contributed by atoms with Crippen molar-refractivity contribution in [3.8, 4) is 22.7 Å². The average Bonchev–Trinajstić information content (AvgIpc) is 3.34. The fourth-order valence-electron chi connectivity index (χ4n) is 2.78. The summed E-state index contributed by atoms with van der Waals surface area (Å²) in [6, 6.07) is 19.0. The van der Waals surface area contributed by atoms with E-state index in [1.54, 1.807) is 43.9 Å². The molecule has 0 spiro atoms. The number of aromatic nitrogens is 4. The zero-order valence-corrected chi connectivity index (χ0v) is 17.0. The van der Waals surface area contributed by atoms with Crippen molar-refractivity contribution in [1.29, 1.82) is 0 Å². The van der Waals surface area contributed by atoms with Crippen LogP contribution in [-0.4, -0.2) is 38.5 Å². The van der Waals surface area contributed by atoms with Crippen molar-refractivity contribution in [1.82, 2.24) is 19.7 Å². The SMILES string of the molecule is COc1ccc(NC(=O)CSc2ccc(-c3ccc(-n4ccnc4)cc3)nn2)cc1. The Hall–Kier alpha value is -3.65. The molecular weight excluding hydrogens is 398 g/mol. The number of carbonyl (C=O) groups is 1. The number of methoxy groups -OCH3 is 1. The van der Waals surface area contributed by atoms with E-state index in [4.69, 9.17) is 4.74 Å². The van der Waals surface area contributed by atoms with Crippen molar-refractivity contribution < 1.29 is 9.53 Å². The van der Waals surface area contributed by atoms with Gasteiger partial charge in [0, 0.05) is 29.3 Å². The number of benzene rings is 2. The first kappa shape index (κ1) is 19.7. The zero-order chi connectivity index (χ0) is 20.8. The van der Waals surface area contributed by atoms with Gasteiger partial charge in [0.1, 0.15) is 10.8 Å². The van der Waals surface area contributed by atoms with Gasteiger partial charge in [-0.2, -0.15) is 0 Å². The molecule has 0 fully saturated rings. The quantitative estimate of drug-likeness (QED) is 0.457. The maximum atomic E-state index is 12.1. The number of rotatable bonds is 7. The molecule has 1 amide bonds. The Balaban J connectivity index is 1.32. The molecule has 0 unspecified atom stereocenters. The van der Waals surface area contributed by atoms with E-state index in [0.29, 0.717) is 5.03 Å². The van der Waals surface area contributed by atoms with Gasteiger partial charge in [0.2, 0.25) is 5.91 Å². The molecular formula is C22H19N5O2S. The lowest BCUT2D eigenvalue weighted by Crippen LogP contribution is -2.14. The monoisotopic (exact) mass is 417 g/mol. The predicted octanol–water partition coefficient (Wildman–Crippen LogP) is 4.07. The Morgan fingerprint density at radius 1 is 1.03 bits per heavy atom. The number of thioether (sulfide) groups is 1. The van der Waals surface area contributed by atoms with Crippen LogP contribution in [0.5, 0.6) is 5.75 Å². The lowest BCUT2D eigenvalue weighted by molar-refractivity contribution is -0.113. The highest BCUT2D eigenvalue weighted by atomic mass is 32.2. The maximum Gasteiger partial charge on any atom is 0.234 e. The molecule has 4 rings (SSSR count). The van der Waals surface area contributed by atoms with Gasteiger partial charge in [0.15, 0.2) is 0 Å². The van der Waals surface area contributed by atoms with Crippen LogP contribution in [0.4, 0.5) is 5.69 Å². The Morgan fingerprint density at radius 2 is 1.83 bits per heavy atom. The first-order valence-corrected chi connectivity index (χ1v) is 10.2. The van der Waals surface area contributed by atoms with Gasteiger partial charge in [-0.1, -0.05) is 23.9 Å². The van der Waals surface area contributed by atoms with Gasteiger partial charge in [-0.3, -0.25) is 4.79 Å². The number of nitrogens with zero attached hydrogens (tertiary/aromatic N) is 4. The molecule has 8 heteroatoms. The molecule has 0 saturated heterocycles. The van der Waals surface area contributed by atoms with Gasteiger partial charge in [0.05, 0.1) is 24.9 Å². The standard InChI is InChI=1S/C22H19N5O2S/c1-29-19-8-4-17(5-9-19)24-21(28)14-30-22-11-10-20(25-26-22)16-2-6-18(7-3-16)27-13-12-23-15-27/h2-13,15H,14H2,1H3,(H,24,28). The highest BCUT2D eigenvalue weighted by molar-refractivity contribution is 7.99. The molecule has 0 saturated carbocycles. The summed E-state index contributed by atoms with van der Waals surface area (Å²) in [5.74, 6) is 0.889. The third kappa shape index (κ3) is 4.84. The smallest absolute Gasteiger partial charge is 0.234 e. The van der Waals surface area contributed by atoms with Crippen LogP contribution in [-0.2, 0) is 4.79 Å². The molecule has 4 aromatic rings. The number of nitrogens with one attached hydrogen (secondary N) is 1. The first-order valence-electron chi connectivity index (χ1n) is 9.20. The van der Waals surface area contributed by atoms with Crippen molar-refractivity contribution >= 4 is 23.4 Å². The molecule has 1 N–H and O–H groups in total. The van der Waals surface area contributed by atoms with Gasteiger partial charge in [-0.05, 0) is 48.5 Å². The van der Waals surface area contributed by atoms with Crippen molar-refractivity contribution in [2.75, 3.05) is 18.2 Å². The molecule has 0 aliphatic carbocycles. The Kier molecular flexibility index (Phi) is 6.05. The lowest BCUT2D eigenvalue weighted by Gasteiger charge is -2.06. The molecule has 0 bridgehead atoms. The van der Waals surface area contributed by atoms with E-state index < -0.39 is 0 Å². The van der Waals surface area contributed by atoms with Gasteiger partial charge < -0.3 is 14.6 Å². The molecule has 2 heterocycles. The fourth-order valence-corrected chi connectivity index (χ4v) is 3.39. The minimum absolute atomic E-state index is 0.105. The topological polar surface area (TPSA) is 81.9 Å². The van der Waals surface area contributed by atoms with E-state index in [-0.39, 0.29) is 11.7 Å². The number of hydrogen-bond acceptors (Lipinski definition) is 6. The Labute approximate surface area is 178 Å². The summed E-state index contributed by atoms with van der Waals surface area (Å²) in [5.41, 5.74) is 3.50. The second-order valence-electron chi connectivity index (χ2n) is 6.34. The molecule has 150 valence electrons. The second kappa shape index (κ2) is 9.23. The highest BCUT2D eigenvalue weighted by Crippen LogP contribution is 2.22. The van der Waals surface area contributed by atoms with Gasteiger partial charge in [-0.25, -0.2) is 4.98 Å². The van der Waals surface area contributed by atoms with Crippen LogP contribution in [0.15, 0.2) is 84.4 Å². The van der Waals surface area contributed by atoms with Gasteiger partial charge in [-0.15, -0.1) is 10.2 Å². The van der Waals surface area contributed by atoms with Crippen LogP contribution >= 0.6 is 11.8 Å². The number of imidazole rings is 1. The van der Waals surface area contributed by atoms with E-state index in [0.717, 1.165) is 28.4 Å². The number of ether oxygens (including phenoxy) is 1. The molecule has 2 aromatic heterocycles. The van der Waals surface area contributed by atoms with Crippen molar-refractivity contribution in [2.45, 2.75) is 5.03 Å². The summed E-state index contributed by atoms with van der Waals surface area (Å²) in [6.07, 6.45) is 5.39. The fraction of sp³-hybridized carbons (Fsp3) is 0.0909. The van der Waals surface area contributed by atoms with Crippen LogP contribution in [0.1, 0.15) is 0 Å². The number of anilines is 1. The molecule has 7 nitrogen and oxygen atoms in total. The molecule has 0 radical (unpaired) electrons. The van der Waals surface area contributed by atoms with Crippen molar-refractivity contribution in [3.63, 3.8) is 0 Å². The Morgan fingerprint density at radius 3 is 2.47 bits per heavy atom. The Bertz CT molecular complexity index is 1100. The van der Waals surface area contributed by atoms with Crippen LogP contribution < -0.4 is 10.1 Å². The maximum absolute atomic E-state index is 12.1. The van der Waals surface area contributed by atoms with Crippen LogP contribution in [0, 0.1) is 0 Å². The normalized spacial score (nSPS) is 10.6. The summed E-state index contributed by atoms with van der Waals surface area (Å²) in [5, 5.41) is 12.1. The molecule has 0 aliphatic heterocycles. The largest absolute Gasteiger partial charge is 0.497 e. The molecule has 0 aliphatic rings. The van der Waals surface area contributed by atoms with Crippen LogP contribution in [0.3, 0.4) is 0 Å². The molecule has 30 heavy (non-hydrogen) atoms.